The Morgan fingerprint density at radius 3 is 2.41 bits per heavy atom. The smallest absolute Gasteiger partial charge is 0.251 e. The average Bonchev–Trinajstić information content (AvgIpc) is 2.74. The number of amides is 1. The molecule has 0 aromatic heterocycles. The summed E-state index contributed by atoms with van der Waals surface area (Å²) in [6.07, 6.45) is 3.58. The van der Waals surface area contributed by atoms with Gasteiger partial charge in [-0.05, 0) is 68.0 Å². The number of rotatable bonds is 6. The van der Waals surface area contributed by atoms with Crippen molar-refractivity contribution in [1.82, 2.24) is 9.62 Å². The first kappa shape index (κ1) is 21.5. The number of carbonyl (C=O) groups is 1. The molecule has 1 saturated heterocycles. The molecule has 1 atom stereocenters. The Kier molecular flexibility index (Phi) is 6.75. The first-order valence-corrected chi connectivity index (χ1v) is 11.7. The number of piperidine rings is 1. The highest BCUT2D eigenvalue weighted by Crippen LogP contribution is 2.23. The Morgan fingerprint density at radius 1 is 1.03 bits per heavy atom. The second-order valence-corrected chi connectivity index (χ2v) is 9.71. The Balaban J connectivity index is 1.80. The van der Waals surface area contributed by atoms with Crippen LogP contribution in [-0.4, -0.2) is 31.7 Å². The third-order valence-electron chi connectivity index (χ3n) is 5.70. The van der Waals surface area contributed by atoms with E-state index in [2.05, 4.69) is 31.3 Å². The summed E-state index contributed by atoms with van der Waals surface area (Å²) in [5, 5.41) is 3.06. The van der Waals surface area contributed by atoms with E-state index < -0.39 is 10.0 Å². The van der Waals surface area contributed by atoms with E-state index in [0.717, 1.165) is 31.2 Å². The zero-order valence-electron chi connectivity index (χ0n) is 17.4. The molecule has 3 rings (SSSR count). The van der Waals surface area contributed by atoms with E-state index in [-0.39, 0.29) is 16.8 Å². The molecule has 29 heavy (non-hydrogen) atoms. The Labute approximate surface area is 174 Å². The van der Waals surface area contributed by atoms with Crippen molar-refractivity contribution in [2.24, 2.45) is 0 Å². The second kappa shape index (κ2) is 9.09. The molecular weight excluding hydrogens is 384 g/mol. The summed E-state index contributed by atoms with van der Waals surface area (Å²) in [5.41, 5.74) is 3.82. The van der Waals surface area contributed by atoms with Crippen LogP contribution in [-0.2, 0) is 10.0 Å². The predicted octanol–water partition coefficient (Wildman–Crippen LogP) is 4.36. The Morgan fingerprint density at radius 2 is 1.76 bits per heavy atom. The van der Waals surface area contributed by atoms with Gasteiger partial charge in [0.25, 0.3) is 5.91 Å². The van der Waals surface area contributed by atoms with Crippen molar-refractivity contribution < 1.29 is 13.2 Å². The molecule has 6 heteroatoms. The van der Waals surface area contributed by atoms with E-state index >= 15 is 0 Å². The van der Waals surface area contributed by atoms with Crippen LogP contribution < -0.4 is 5.32 Å². The fourth-order valence-corrected chi connectivity index (χ4v) is 5.26. The zero-order chi connectivity index (χ0) is 21.0. The lowest BCUT2D eigenvalue weighted by Gasteiger charge is -2.26. The third-order valence-corrected chi connectivity index (χ3v) is 7.59. The van der Waals surface area contributed by atoms with Crippen LogP contribution in [0.3, 0.4) is 0 Å². The van der Waals surface area contributed by atoms with E-state index in [4.69, 9.17) is 0 Å². The van der Waals surface area contributed by atoms with Crippen LogP contribution in [0.4, 0.5) is 0 Å². The Hall–Kier alpha value is -2.18. The van der Waals surface area contributed by atoms with Crippen molar-refractivity contribution in [3.8, 4) is 0 Å². The highest BCUT2D eigenvalue weighted by Gasteiger charge is 2.26. The number of benzene rings is 2. The summed E-state index contributed by atoms with van der Waals surface area (Å²) in [6.45, 7) is 7.24. The zero-order valence-corrected chi connectivity index (χ0v) is 18.3. The largest absolute Gasteiger partial charge is 0.345 e. The van der Waals surface area contributed by atoms with Gasteiger partial charge in [-0.1, -0.05) is 37.6 Å². The van der Waals surface area contributed by atoms with Crippen LogP contribution in [0, 0.1) is 13.8 Å². The summed E-state index contributed by atoms with van der Waals surface area (Å²) in [6, 6.07) is 12.4. The molecule has 1 heterocycles. The monoisotopic (exact) mass is 414 g/mol. The van der Waals surface area contributed by atoms with Gasteiger partial charge in [0.1, 0.15) is 0 Å². The standard InChI is InChI=1S/C23H30N2O3S/c1-4-22(19-12-11-17(2)18(3)15-19)24-23(26)20-9-8-10-21(16-20)29(27,28)25-13-6-5-7-14-25/h8-12,15-16,22H,4-7,13-14H2,1-3H3,(H,24,26)/t22-/m0/s1. The molecular formula is C23H30N2O3S. The van der Waals surface area contributed by atoms with Crippen molar-refractivity contribution in [3.05, 3.63) is 64.7 Å². The second-order valence-electron chi connectivity index (χ2n) is 7.77. The molecule has 1 amide bonds. The molecule has 5 nitrogen and oxygen atoms in total. The van der Waals surface area contributed by atoms with Crippen LogP contribution >= 0.6 is 0 Å². The third kappa shape index (κ3) is 4.87. The fraction of sp³-hybridized carbons (Fsp3) is 0.435. The summed E-state index contributed by atoms with van der Waals surface area (Å²) >= 11 is 0. The molecule has 0 bridgehead atoms. The van der Waals surface area contributed by atoms with Crippen molar-refractivity contribution >= 4 is 15.9 Å². The topological polar surface area (TPSA) is 66.5 Å². The van der Waals surface area contributed by atoms with Gasteiger partial charge in [-0.15, -0.1) is 0 Å². The number of hydrogen-bond donors (Lipinski definition) is 1. The van der Waals surface area contributed by atoms with Gasteiger partial charge < -0.3 is 5.32 Å². The summed E-state index contributed by atoms with van der Waals surface area (Å²) in [7, 11) is -3.56. The van der Waals surface area contributed by atoms with Gasteiger partial charge in [0, 0.05) is 18.7 Å². The van der Waals surface area contributed by atoms with Gasteiger partial charge in [-0.25, -0.2) is 8.42 Å². The van der Waals surface area contributed by atoms with Crippen LogP contribution in [0.5, 0.6) is 0 Å². The van der Waals surface area contributed by atoms with E-state index in [9.17, 15) is 13.2 Å². The SMILES string of the molecule is CC[C@H](NC(=O)c1cccc(S(=O)(=O)N2CCCCC2)c1)c1ccc(C)c(C)c1. The fourth-order valence-electron chi connectivity index (χ4n) is 3.70. The van der Waals surface area contributed by atoms with Crippen molar-refractivity contribution in [3.63, 3.8) is 0 Å². The number of aryl methyl sites for hydroxylation is 2. The van der Waals surface area contributed by atoms with Gasteiger partial charge in [-0.3, -0.25) is 4.79 Å². The maximum atomic E-state index is 12.9. The molecule has 0 spiro atoms. The number of hydrogen-bond acceptors (Lipinski definition) is 3. The molecule has 0 aliphatic carbocycles. The van der Waals surface area contributed by atoms with E-state index in [1.165, 1.54) is 21.5 Å². The maximum absolute atomic E-state index is 12.9. The van der Waals surface area contributed by atoms with Gasteiger partial charge >= 0.3 is 0 Å². The lowest BCUT2D eigenvalue weighted by Crippen LogP contribution is -2.35. The van der Waals surface area contributed by atoms with Crippen molar-refractivity contribution in [1.29, 1.82) is 0 Å². The lowest BCUT2D eigenvalue weighted by atomic mass is 9.99. The van der Waals surface area contributed by atoms with E-state index in [1.54, 1.807) is 18.2 Å². The summed E-state index contributed by atoms with van der Waals surface area (Å²) in [4.78, 5) is 13.1. The van der Waals surface area contributed by atoms with Crippen molar-refractivity contribution in [2.45, 2.75) is 57.4 Å². The van der Waals surface area contributed by atoms with Gasteiger partial charge in [0.2, 0.25) is 10.0 Å². The molecule has 1 N–H and O–H groups in total. The van der Waals surface area contributed by atoms with Crippen LogP contribution in [0.15, 0.2) is 47.4 Å². The molecule has 0 unspecified atom stereocenters. The van der Waals surface area contributed by atoms with Gasteiger partial charge in [0.15, 0.2) is 0 Å². The van der Waals surface area contributed by atoms with Crippen LogP contribution in [0.2, 0.25) is 0 Å². The minimum absolute atomic E-state index is 0.121. The molecule has 2 aromatic carbocycles. The Bertz CT molecular complexity index is 979. The summed E-state index contributed by atoms with van der Waals surface area (Å²) in [5.74, 6) is -0.259. The first-order valence-electron chi connectivity index (χ1n) is 10.3. The number of nitrogens with one attached hydrogen (secondary N) is 1. The molecule has 1 aliphatic heterocycles. The van der Waals surface area contributed by atoms with Crippen LogP contribution in [0.1, 0.15) is 65.7 Å². The quantitative estimate of drug-likeness (QED) is 0.764. The molecule has 0 saturated carbocycles. The van der Waals surface area contributed by atoms with E-state index in [0.29, 0.717) is 18.7 Å². The molecule has 1 fully saturated rings. The predicted molar refractivity (Wildman–Crippen MR) is 115 cm³/mol. The number of sulfonamides is 1. The number of carbonyl (C=O) groups excluding carboxylic acids is 1. The van der Waals surface area contributed by atoms with Gasteiger partial charge in [0.05, 0.1) is 10.9 Å². The molecule has 0 radical (unpaired) electrons. The number of nitrogens with zero attached hydrogens (tertiary/aromatic N) is 1. The summed E-state index contributed by atoms with van der Waals surface area (Å²) < 4.78 is 27.4. The average molecular weight is 415 g/mol. The highest BCUT2D eigenvalue weighted by molar-refractivity contribution is 7.89. The molecule has 1 aliphatic rings. The normalized spacial score (nSPS) is 16.4. The van der Waals surface area contributed by atoms with Gasteiger partial charge in [-0.2, -0.15) is 4.31 Å². The maximum Gasteiger partial charge on any atom is 0.251 e. The first-order chi connectivity index (χ1) is 13.8. The lowest BCUT2D eigenvalue weighted by molar-refractivity contribution is 0.0935. The molecule has 2 aromatic rings. The minimum atomic E-state index is -3.56. The van der Waals surface area contributed by atoms with Crippen molar-refractivity contribution in [2.75, 3.05) is 13.1 Å². The highest BCUT2D eigenvalue weighted by atomic mass is 32.2. The van der Waals surface area contributed by atoms with E-state index in [1.807, 2.05) is 13.0 Å². The molecule has 156 valence electrons. The van der Waals surface area contributed by atoms with Crippen LogP contribution in [0.25, 0.3) is 0 Å². The minimum Gasteiger partial charge on any atom is -0.345 e.